The van der Waals surface area contributed by atoms with Crippen LogP contribution >= 0.6 is 45.9 Å². The predicted molar refractivity (Wildman–Crippen MR) is 93.0 cm³/mol. The summed E-state index contributed by atoms with van der Waals surface area (Å²) in [5.74, 6) is 0.659. The quantitative estimate of drug-likeness (QED) is 0.382. The van der Waals surface area contributed by atoms with E-state index in [4.69, 9.17) is 23.2 Å². The minimum Gasteiger partial charge on any atom is -0.227 e. The summed E-state index contributed by atoms with van der Waals surface area (Å²) in [4.78, 5) is 10.1. The highest BCUT2D eigenvalue weighted by atomic mass is 35.5. The Bertz CT molecular complexity index is 960. The molecule has 6 heteroatoms. The van der Waals surface area contributed by atoms with Crippen molar-refractivity contribution in [3.05, 3.63) is 45.4 Å². The van der Waals surface area contributed by atoms with Crippen LogP contribution < -0.4 is 0 Å². The molecule has 21 heavy (non-hydrogen) atoms. The number of fused-ring (bicyclic) bond motifs is 2. The Hall–Kier alpha value is -1.20. The van der Waals surface area contributed by atoms with E-state index in [0.29, 0.717) is 16.0 Å². The molecule has 0 radical (unpaired) electrons. The molecule has 4 aromatic rings. The highest BCUT2D eigenvalue weighted by molar-refractivity contribution is 7.28. The molecule has 0 aliphatic rings. The van der Waals surface area contributed by atoms with Gasteiger partial charge in [-0.25, -0.2) is 9.97 Å². The van der Waals surface area contributed by atoms with Crippen molar-refractivity contribution in [3.63, 3.8) is 0 Å². The molecule has 0 unspecified atom stereocenters. The first-order valence-electron chi connectivity index (χ1n) is 6.23. The Morgan fingerprint density at radius 1 is 1.05 bits per heavy atom. The van der Waals surface area contributed by atoms with E-state index < -0.39 is 0 Å². The predicted octanol–water partition coefficient (Wildman–Crippen LogP) is 6.19. The molecule has 0 aliphatic carbocycles. The highest BCUT2D eigenvalue weighted by Gasteiger charge is 2.14. The van der Waals surface area contributed by atoms with Crippen molar-refractivity contribution >= 4 is 66.2 Å². The van der Waals surface area contributed by atoms with Gasteiger partial charge >= 0.3 is 0 Å². The molecule has 0 fully saturated rings. The average Bonchev–Trinajstić information content (AvgIpc) is 3.03. The molecule has 3 aromatic heterocycles. The van der Waals surface area contributed by atoms with E-state index in [-0.39, 0.29) is 0 Å². The minimum atomic E-state index is 0.403. The van der Waals surface area contributed by atoms with Gasteiger partial charge in [0.2, 0.25) is 0 Å². The van der Waals surface area contributed by atoms with Gasteiger partial charge in [-0.1, -0.05) is 29.3 Å². The summed E-state index contributed by atoms with van der Waals surface area (Å²) in [6.45, 7) is 2.00. The van der Waals surface area contributed by atoms with Gasteiger partial charge in [-0.3, -0.25) is 0 Å². The Labute approximate surface area is 139 Å². The number of hydrogen-bond donors (Lipinski definition) is 0. The van der Waals surface area contributed by atoms with E-state index in [9.17, 15) is 0 Å². The van der Waals surface area contributed by atoms with Gasteiger partial charge in [-0.2, -0.15) is 0 Å². The van der Waals surface area contributed by atoms with Crippen molar-refractivity contribution in [1.82, 2.24) is 9.97 Å². The Morgan fingerprint density at radius 2 is 1.90 bits per heavy atom. The highest BCUT2D eigenvalue weighted by Crippen LogP contribution is 2.37. The van der Waals surface area contributed by atoms with Crippen molar-refractivity contribution < 1.29 is 0 Å². The van der Waals surface area contributed by atoms with Crippen molar-refractivity contribution in [2.24, 2.45) is 0 Å². The van der Waals surface area contributed by atoms with Crippen LogP contribution in [0.25, 0.3) is 31.0 Å². The molecule has 0 atom stereocenters. The van der Waals surface area contributed by atoms with Crippen LogP contribution in [0.2, 0.25) is 10.2 Å². The third-order valence-electron chi connectivity index (χ3n) is 3.32. The van der Waals surface area contributed by atoms with Gasteiger partial charge in [0.15, 0.2) is 5.82 Å². The molecule has 0 bridgehead atoms. The van der Waals surface area contributed by atoms with Gasteiger partial charge in [-0.05, 0) is 36.1 Å². The number of halogens is 2. The van der Waals surface area contributed by atoms with Gasteiger partial charge in [0.25, 0.3) is 0 Å². The summed E-state index contributed by atoms with van der Waals surface area (Å²) in [6, 6.07) is 8.00. The first kappa shape index (κ1) is 13.5. The summed E-state index contributed by atoms with van der Waals surface area (Å²) < 4.78 is 2.50. The summed E-state index contributed by atoms with van der Waals surface area (Å²) in [5.41, 5.74) is 1.85. The summed E-state index contributed by atoms with van der Waals surface area (Å²) in [7, 11) is 0. The number of nitrogens with zero attached hydrogens (tertiary/aromatic N) is 2. The smallest absolute Gasteiger partial charge is 0.171 e. The number of hydrogen-bond acceptors (Lipinski definition) is 4. The second-order valence-corrected chi connectivity index (χ2v) is 7.48. The number of thiophene rings is 2. The maximum absolute atomic E-state index is 6.33. The lowest BCUT2D eigenvalue weighted by atomic mass is 10.1. The van der Waals surface area contributed by atoms with Crippen LogP contribution in [0, 0.1) is 6.92 Å². The first-order valence-corrected chi connectivity index (χ1v) is 8.68. The fourth-order valence-electron chi connectivity index (χ4n) is 2.28. The van der Waals surface area contributed by atoms with Crippen LogP contribution in [0.1, 0.15) is 5.56 Å². The summed E-state index contributed by atoms with van der Waals surface area (Å²) >= 11 is 15.9. The molecule has 2 nitrogen and oxygen atoms in total. The average molecular weight is 351 g/mol. The van der Waals surface area contributed by atoms with Crippen LogP contribution in [0.15, 0.2) is 29.6 Å². The molecular formula is C15H8Cl2N2S2. The zero-order valence-electron chi connectivity index (χ0n) is 10.9. The molecule has 0 saturated heterocycles. The van der Waals surface area contributed by atoms with Crippen LogP contribution in [0.4, 0.5) is 0 Å². The Kier molecular flexibility index (Phi) is 3.15. The largest absolute Gasteiger partial charge is 0.227 e. The van der Waals surface area contributed by atoms with Gasteiger partial charge in [0, 0.05) is 9.40 Å². The zero-order chi connectivity index (χ0) is 14.6. The van der Waals surface area contributed by atoms with E-state index in [1.807, 2.05) is 19.1 Å². The lowest BCUT2D eigenvalue weighted by Crippen LogP contribution is -1.93. The molecule has 0 aliphatic heterocycles. The van der Waals surface area contributed by atoms with Crippen molar-refractivity contribution in [2.75, 3.05) is 0 Å². The van der Waals surface area contributed by atoms with Crippen LogP contribution in [0.3, 0.4) is 0 Å². The van der Waals surface area contributed by atoms with Crippen molar-refractivity contribution in [2.45, 2.75) is 6.92 Å². The molecule has 0 N–H and O–H groups in total. The maximum atomic E-state index is 6.33. The normalized spacial score (nSPS) is 11.6. The molecule has 0 saturated carbocycles. The van der Waals surface area contributed by atoms with Gasteiger partial charge in [0.05, 0.1) is 20.8 Å². The molecule has 0 spiro atoms. The van der Waals surface area contributed by atoms with Crippen LogP contribution in [-0.2, 0) is 0 Å². The fraction of sp³-hybridized carbons (Fsp3) is 0.0667. The second kappa shape index (κ2) is 4.92. The standard InChI is InChI=1S/C15H8Cl2N2S2/c1-7-2-3-8(16)12-13(7)18-15(19-14(12)17)11-6-10-9(21-11)4-5-20-10/h2-6H,1H3. The monoisotopic (exact) mass is 350 g/mol. The lowest BCUT2D eigenvalue weighted by Gasteiger charge is -2.07. The molecular weight excluding hydrogens is 343 g/mol. The molecule has 3 heterocycles. The Morgan fingerprint density at radius 3 is 2.71 bits per heavy atom. The van der Waals surface area contributed by atoms with Crippen molar-refractivity contribution in [3.8, 4) is 10.7 Å². The first-order chi connectivity index (χ1) is 10.1. The number of rotatable bonds is 1. The topological polar surface area (TPSA) is 25.8 Å². The van der Waals surface area contributed by atoms with Crippen molar-refractivity contribution in [1.29, 1.82) is 0 Å². The molecule has 104 valence electrons. The second-order valence-electron chi connectivity index (χ2n) is 4.69. The molecule has 1 aromatic carbocycles. The van der Waals surface area contributed by atoms with Crippen LogP contribution in [0.5, 0.6) is 0 Å². The zero-order valence-corrected chi connectivity index (χ0v) is 14.0. The number of aromatic nitrogens is 2. The molecule has 0 amide bonds. The SMILES string of the molecule is Cc1ccc(Cl)c2c(Cl)nc(-c3cc4sccc4s3)nc12. The third-order valence-corrected chi connectivity index (χ3v) is 5.99. The van der Waals surface area contributed by atoms with E-state index in [1.165, 1.54) is 9.40 Å². The van der Waals surface area contributed by atoms with Crippen LogP contribution in [-0.4, -0.2) is 9.97 Å². The molecule has 4 rings (SSSR count). The van der Waals surface area contributed by atoms with Gasteiger partial charge in [-0.15, -0.1) is 22.7 Å². The van der Waals surface area contributed by atoms with E-state index in [2.05, 4.69) is 27.5 Å². The van der Waals surface area contributed by atoms with E-state index in [1.54, 1.807) is 22.7 Å². The summed E-state index contributed by atoms with van der Waals surface area (Å²) in [6.07, 6.45) is 0. The Balaban J connectivity index is 2.02. The fourth-order valence-corrected chi connectivity index (χ4v) is 4.88. The third kappa shape index (κ3) is 2.14. The van der Waals surface area contributed by atoms with E-state index >= 15 is 0 Å². The van der Waals surface area contributed by atoms with Gasteiger partial charge in [0.1, 0.15) is 5.15 Å². The van der Waals surface area contributed by atoms with E-state index in [0.717, 1.165) is 21.3 Å². The van der Waals surface area contributed by atoms with Gasteiger partial charge < -0.3 is 0 Å². The lowest BCUT2D eigenvalue weighted by molar-refractivity contribution is 1.23. The summed E-state index contributed by atoms with van der Waals surface area (Å²) in [5, 5.41) is 3.79. The number of benzene rings is 1. The number of aryl methyl sites for hydroxylation is 1. The minimum absolute atomic E-state index is 0.403. The maximum Gasteiger partial charge on any atom is 0.171 e.